The summed E-state index contributed by atoms with van der Waals surface area (Å²) in [5.74, 6) is 0.628. The zero-order chi connectivity index (χ0) is 10.6. The second-order valence-electron chi connectivity index (χ2n) is 4.44. The quantitative estimate of drug-likeness (QED) is 0.862. The van der Waals surface area contributed by atoms with E-state index in [1.165, 1.54) is 12.8 Å². The highest BCUT2D eigenvalue weighted by Gasteiger charge is 2.41. The number of nitrogens with zero attached hydrogens (tertiary/aromatic N) is 2. The van der Waals surface area contributed by atoms with E-state index in [0.29, 0.717) is 5.95 Å². The smallest absolute Gasteiger partial charge is 0.201 e. The number of hydrogen-bond donors (Lipinski definition) is 1. The van der Waals surface area contributed by atoms with E-state index < -0.39 is 0 Å². The summed E-state index contributed by atoms with van der Waals surface area (Å²) < 4.78 is 3.20. The number of halogens is 1. The average Bonchev–Trinajstić information content (AvgIpc) is 2.79. The average molecular weight is 266 g/mol. The predicted octanol–water partition coefficient (Wildman–Crippen LogP) is 2.89. The number of hydrogen-bond acceptors (Lipinski definition) is 2. The molecular formula is C11H12BrN3. The molecule has 0 amide bonds. The van der Waals surface area contributed by atoms with Crippen molar-refractivity contribution in [3.8, 4) is 0 Å². The minimum absolute atomic E-state index is 0.201. The van der Waals surface area contributed by atoms with Crippen molar-refractivity contribution in [3.63, 3.8) is 0 Å². The van der Waals surface area contributed by atoms with Crippen molar-refractivity contribution >= 4 is 32.9 Å². The normalized spacial score (nSPS) is 18.3. The first-order valence-corrected chi connectivity index (χ1v) is 5.83. The van der Waals surface area contributed by atoms with Gasteiger partial charge in [0, 0.05) is 10.0 Å². The number of anilines is 1. The summed E-state index contributed by atoms with van der Waals surface area (Å²) in [7, 11) is 0. The molecule has 78 valence electrons. The van der Waals surface area contributed by atoms with E-state index in [4.69, 9.17) is 5.73 Å². The maximum absolute atomic E-state index is 5.97. The van der Waals surface area contributed by atoms with Gasteiger partial charge in [-0.15, -0.1) is 0 Å². The van der Waals surface area contributed by atoms with Gasteiger partial charge in [-0.2, -0.15) is 0 Å². The summed E-state index contributed by atoms with van der Waals surface area (Å²) >= 11 is 3.44. The topological polar surface area (TPSA) is 43.8 Å². The van der Waals surface area contributed by atoms with Gasteiger partial charge >= 0.3 is 0 Å². The van der Waals surface area contributed by atoms with E-state index in [-0.39, 0.29) is 5.54 Å². The van der Waals surface area contributed by atoms with Crippen LogP contribution in [0.2, 0.25) is 0 Å². The molecule has 0 radical (unpaired) electrons. The van der Waals surface area contributed by atoms with Crippen LogP contribution in [0.4, 0.5) is 5.95 Å². The van der Waals surface area contributed by atoms with Gasteiger partial charge in [0.1, 0.15) is 0 Å². The van der Waals surface area contributed by atoms with E-state index in [1.807, 2.05) is 12.1 Å². The maximum Gasteiger partial charge on any atom is 0.201 e. The Balaban J connectivity index is 2.33. The third-order valence-electron chi connectivity index (χ3n) is 3.16. The zero-order valence-electron chi connectivity index (χ0n) is 8.50. The molecule has 2 N–H and O–H groups in total. The van der Waals surface area contributed by atoms with Gasteiger partial charge in [-0.25, -0.2) is 4.98 Å². The van der Waals surface area contributed by atoms with Crippen molar-refractivity contribution < 1.29 is 0 Å². The largest absolute Gasteiger partial charge is 0.369 e. The Bertz CT molecular complexity index is 540. The maximum atomic E-state index is 5.97. The van der Waals surface area contributed by atoms with E-state index in [9.17, 15) is 0 Å². The van der Waals surface area contributed by atoms with Gasteiger partial charge in [-0.3, -0.25) is 0 Å². The second-order valence-corrected chi connectivity index (χ2v) is 5.35. The predicted molar refractivity (Wildman–Crippen MR) is 64.7 cm³/mol. The molecule has 1 heterocycles. The Morgan fingerprint density at radius 1 is 1.47 bits per heavy atom. The lowest BCUT2D eigenvalue weighted by atomic mass is 10.2. The lowest BCUT2D eigenvalue weighted by Crippen LogP contribution is -2.14. The van der Waals surface area contributed by atoms with Crippen molar-refractivity contribution in [2.24, 2.45) is 0 Å². The second kappa shape index (κ2) is 2.76. The van der Waals surface area contributed by atoms with E-state index in [2.05, 4.69) is 38.5 Å². The summed E-state index contributed by atoms with van der Waals surface area (Å²) in [5, 5.41) is 0. The Hall–Kier alpha value is -1.03. The van der Waals surface area contributed by atoms with Gasteiger partial charge < -0.3 is 10.3 Å². The number of benzene rings is 1. The van der Waals surface area contributed by atoms with E-state index in [0.717, 1.165) is 15.5 Å². The molecule has 1 aromatic heterocycles. The Morgan fingerprint density at radius 3 is 2.87 bits per heavy atom. The van der Waals surface area contributed by atoms with Gasteiger partial charge in [0.15, 0.2) is 0 Å². The summed E-state index contributed by atoms with van der Waals surface area (Å²) in [6, 6.07) is 6.12. The Labute approximate surface area is 96.4 Å². The number of imidazole rings is 1. The third-order valence-corrected chi connectivity index (χ3v) is 3.65. The van der Waals surface area contributed by atoms with Crippen LogP contribution < -0.4 is 5.73 Å². The van der Waals surface area contributed by atoms with Crippen LogP contribution in [0.1, 0.15) is 19.8 Å². The first-order valence-electron chi connectivity index (χ1n) is 5.04. The highest BCUT2D eigenvalue weighted by molar-refractivity contribution is 9.10. The molecule has 1 aliphatic carbocycles. The number of fused-ring (bicyclic) bond motifs is 1. The van der Waals surface area contributed by atoms with Crippen molar-refractivity contribution in [2.45, 2.75) is 25.3 Å². The molecule has 1 saturated carbocycles. The molecular weight excluding hydrogens is 254 g/mol. The molecule has 1 fully saturated rings. The Morgan fingerprint density at radius 2 is 2.20 bits per heavy atom. The Kier molecular flexibility index (Phi) is 1.69. The molecule has 0 bridgehead atoms. The van der Waals surface area contributed by atoms with Crippen LogP contribution in [0.3, 0.4) is 0 Å². The monoisotopic (exact) mass is 265 g/mol. The fourth-order valence-corrected chi connectivity index (χ4v) is 2.39. The zero-order valence-corrected chi connectivity index (χ0v) is 10.1. The number of aromatic nitrogens is 2. The van der Waals surface area contributed by atoms with E-state index in [1.54, 1.807) is 0 Å². The molecule has 3 nitrogen and oxygen atoms in total. The van der Waals surface area contributed by atoms with Gasteiger partial charge in [0.25, 0.3) is 0 Å². The van der Waals surface area contributed by atoms with Crippen molar-refractivity contribution in [2.75, 3.05) is 5.73 Å². The summed E-state index contributed by atoms with van der Waals surface area (Å²) in [5.41, 5.74) is 8.27. The molecule has 1 aromatic carbocycles. The molecule has 0 saturated heterocycles. The molecule has 0 atom stereocenters. The molecule has 0 spiro atoms. The molecule has 15 heavy (non-hydrogen) atoms. The molecule has 1 aliphatic rings. The standard InChI is InChI=1S/C11H12BrN3/c1-11(4-5-11)15-9-3-2-7(12)6-8(9)14-10(15)13/h2-3,6H,4-5H2,1H3,(H2,13,14). The van der Waals surface area contributed by atoms with Crippen LogP contribution in [-0.4, -0.2) is 9.55 Å². The minimum atomic E-state index is 0.201. The van der Waals surface area contributed by atoms with Crippen molar-refractivity contribution in [3.05, 3.63) is 22.7 Å². The van der Waals surface area contributed by atoms with Crippen molar-refractivity contribution in [1.29, 1.82) is 0 Å². The van der Waals surface area contributed by atoms with E-state index >= 15 is 0 Å². The van der Waals surface area contributed by atoms with Crippen LogP contribution >= 0.6 is 15.9 Å². The summed E-state index contributed by atoms with van der Waals surface area (Å²) in [4.78, 5) is 4.39. The van der Waals surface area contributed by atoms with Crippen LogP contribution in [0.25, 0.3) is 11.0 Å². The van der Waals surface area contributed by atoms with Crippen LogP contribution in [-0.2, 0) is 5.54 Å². The van der Waals surface area contributed by atoms with Gasteiger partial charge in [0.05, 0.1) is 11.0 Å². The fourth-order valence-electron chi connectivity index (χ4n) is 2.04. The lowest BCUT2D eigenvalue weighted by molar-refractivity contribution is 0.557. The lowest BCUT2D eigenvalue weighted by Gasteiger charge is -2.13. The third kappa shape index (κ3) is 1.28. The van der Waals surface area contributed by atoms with Crippen LogP contribution in [0.5, 0.6) is 0 Å². The molecule has 3 rings (SSSR count). The summed E-state index contributed by atoms with van der Waals surface area (Å²) in [6.45, 7) is 2.23. The van der Waals surface area contributed by atoms with Gasteiger partial charge in [0.2, 0.25) is 5.95 Å². The highest BCUT2D eigenvalue weighted by Crippen LogP contribution is 2.46. The summed E-state index contributed by atoms with van der Waals surface area (Å²) in [6.07, 6.45) is 2.39. The molecule has 0 unspecified atom stereocenters. The number of nitrogen functional groups attached to an aromatic ring is 1. The molecule has 4 heteroatoms. The SMILES string of the molecule is CC1(n2c(N)nc3cc(Br)ccc32)CC1. The fraction of sp³-hybridized carbons (Fsp3) is 0.364. The first-order chi connectivity index (χ1) is 7.10. The number of rotatable bonds is 1. The van der Waals surface area contributed by atoms with Gasteiger partial charge in [-0.1, -0.05) is 15.9 Å². The van der Waals surface area contributed by atoms with Crippen LogP contribution in [0, 0.1) is 0 Å². The van der Waals surface area contributed by atoms with Crippen LogP contribution in [0.15, 0.2) is 22.7 Å². The van der Waals surface area contributed by atoms with Gasteiger partial charge in [-0.05, 0) is 38.0 Å². The molecule has 0 aliphatic heterocycles. The highest BCUT2D eigenvalue weighted by atomic mass is 79.9. The number of nitrogens with two attached hydrogens (primary N) is 1. The minimum Gasteiger partial charge on any atom is -0.369 e. The molecule has 2 aromatic rings. The van der Waals surface area contributed by atoms with Crippen molar-refractivity contribution in [1.82, 2.24) is 9.55 Å². The first kappa shape index (κ1) is 9.21.